The molecule has 1 heterocycles. The van der Waals surface area contributed by atoms with Crippen molar-refractivity contribution in [2.75, 3.05) is 18.5 Å². The number of benzene rings is 2. The van der Waals surface area contributed by atoms with Gasteiger partial charge in [0.1, 0.15) is 0 Å². The molecule has 0 spiro atoms. The van der Waals surface area contributed by atoms with E-state index in [-0.39, 0.29) is 25.0 Å². The Kier molecular flexibility index (Phi) is 6.32. The molecule has 3 rings (SSSR count). The lowest BCUT2D eigenvalue weighted by Crippen LogP contribution is -2.30. The second-order valence-electron chi connectivity index (χ2n) is 7.51. The fourth-order valence-corrected chi connectivity index (χ4v) is 3.49. The van der Waals surface area contributed by atoms with Gasteiger partial charge in [0.05, 0.1) is 12.0 Å². The van der Waals surface area contributed by atoms with Crippen molar-refractivity contribution >= 4 is 23.5 Å². The molecule has 1 aliphatic rings. The van der Waals surface area contributed by atoms with Crippen LogP contribution in [0.3, 0.4) is 0 Å². The third kappa shape index (κ3) is 5.02. The van der Waals surface area contributed by atoms with Gasteiger partial charge in [0, 0.05) is 18.7 Å². The maximum Gasteiger partial charge on any atom is 0.311 e. The maximum absolute atomic E-state index is 12.4. The molecule has 152 valence electrons. The normalized spacial score (nSPS) is 17.1. The van der Waals surface area contributed by atoms with E-state index in [1.165, 1.54) is 0 Å². The number of hydrogen-bond donors (Lipinski definition) is 1. The lowest BCUT2D eigenvalue weighted by Gasteiger charge is -2.25. The summed E-state index contributed by atoms with van der Waals surface area (Å²) in [4.78, 5) is 38.6. The summed E-state index contributed by atoms with van der Waals surface area (Å²) < 4.78 is 5.18. The highest BCUT2D eigenvalue weighted by molar-refractivity contribution is 5.94. The fourth-order valence-electron chi connectivity index (χ4n) is 3.49. The average Bonchev–Trinajstić information content (AvgIpc) is 3.10. The van der Waals surface area contributed by atoms with Gasteiger partial charge in [-0.05, 0) is 43.5 Å². The number of aryl methyl sites for hydroxylation is 2. The predicted molar refractivity (Wildman–Crippen MR) is 110 cm³/mol. The number of nitrogens with one attached hydrogen (secondary N) is 1. The van der Waals surface area contributed by atoms with E-state index in [2.05, 4.69) is 5.32 Å². The third-order valence-electron chi connectivity index (χ3n) is 5.25. The van der Waals surface area contributed by atoms with E-state index in [1.54, 1.807) is 4.90 Å². The van der Waals surface area contributed by atoms with Crippen molar-refractivity contribution in [1.82, 2.24) is 4.90 Å². The zero-order valence-electron chi connectivity index (χ0n) is 17.0. The lowest BCUT2D eigenvalue weighted by molar-refractivity contribution is -0.151. The summed E-state index contributed by atoms with van der Waals surface area (Å²) in [5.74, 6) is -1.55. The van der Waals surface area contributed by atoms with E-state index >= 15 is 0 Å². The SMILES string of the molecule is Cc1ccc(C)c(NC(=O)COC(=O)[C@H]2CC(=O)N([C@H](C)c3ccccc3)C2)c1. The first kappa shape index (κ1) is 20.6. The molecule has 0 aliphatic carbocycles. The van der Waals surface area contributed by atoms with E-state index in [0.717, 1.165) is 16.7 Å². The van der Waals surface area contributed by atoms with Crippen molar-refractivity contribution in [2.24, 2.45) is 5.92 Å². The van der Waals surface area contributed by atoms with Crippen molar-refractivity contribution in [2.45, 2.75) is 33.2 Å². The van der Waals surface area contributed by atoms with Gasteiger partial charge in [-0.15, -0.1) is 0 Å². The quantitative estimate of drug-likeness (QED) is 0.762. The van der Waals surface area contributed by atoms with E-state index < -0.39 is 17.8 Å². The van der Waals surface area contributed by atoms with Gasteiger partial charge in [0.2, 0.25) is 5.91 Å². The minimum atomic E-state index is -0.554. The van der Waals surface area contributed by atoms with Crippen LogP contribution in [0.25, 0.3) is 0 Å². The summed E-state index contributed by atoms with van der Waals surface area (Å²) in [6.45, 7) is 5.71. The highest BCUT2D eigenvalue weighted by atomic mass is 16.5. The monoisotopic (exact) mass is 394 g/mol. The maximum atomic E-state index is 12.4. The van der Waals surface area contributed by atoms with E-state index in [0.29, 0.717) is 12.2 Å². The first-order valence-corrected chi connectivity index (χ1v) is 9.73. The molecule has 0 bridgehead atoms. The summed E-state index contributed by atoms with van der Waals surface area (Å²) in [7, 11) is 0. The van der Waals surface area contributed by atoms with Gasteiger partial charge in [0.15, 0.2) is 6.61 Å². The van der Waals surface area contributed by atoms with E-state index in [1.807, 2.05) is 69.3 Å². The highest BCUT2D eigenvalue weighted by Crippen LogP contribution is 2.29. The summed E-state index contributed by atoms with van der Waals surface area (Å²) >= 11 is 0. The molecule has 6 heteroatoms. The number of carbonyl (C=O) groups is 3. The predicted octanol–water partition coefficient (Wildman–Crippen LogP) is 3.39. The Bertz CT molecular complexity index is 910. The second-order valence-corrected chi connectivity index (χ2v) is 7.51. The van der Waals surface area contributed by atoms with Crippen LogP contribution >= 0.6 is 0 Å². The number of ether oxygens (including phenoxy) is 1. The standard InChI is InChI=1S/C23H26N2O4/c1-15-9-10-16(2)20(11-15)24-21(26)14-29-23(28)19-12-22(27)25(13-19)17(3)18-7-5-4-6-8-18/h4-11,17,19H,12-14H2,1-3H3,(H,24,26)/t17-,19+/m1/s1. The van der Waals surface area contributed by atoms with Crippen molar-refractivity contribution < 1.29 is 19.1 Å². The molecule has 0 saturated carbocycles. The zero-order valence-corrected chi connectivity index (χ0v) is 17.0. The summed E-state index contributed by atoms with van der Waals surface area (Å²) in [5.41, 5.74) is 3.68. The van der Waals surface area contributed by atoms with E-state index in [9.17, 15) is 14.4 Å². The molecule has 2 amide bonds. The van der Waals surface area contributed by atoms with Crippen molar-refractivity contribution in [1.29, 1.82) is 0 Å². The number of anilines is 1. The Morgan fingerprint density at radius 3 is 2.62 bits per heavy atom. The van der Waals surface area contributed by atoms with Crippen molar-refractivity contribution in [3.8, 4) is 0 Å². The van der Waals surface area contributed by atoms with Gasteiger partial charge in [-0.2, -0.15) is 0 Å². The van der Waals surface area contributed by atoms with Crippen molar-refractivity contribution in [3.63, 3.8) is 0 Å². The Morgan fingerprint density at radius 2 is 1.90 bits per heavy atom. The van der Waals surface area contributed by atoms with Gasteiger partial charge in [0.25, 0.3) is 5.91 Å². The summed E-state index contributed by atoms with van der Waals surface area (Å²) in [6, 6.07) is 15.3. The van der Waals surface area contributed by atoms with Gasteiger partial charge in [-0.1, -0.05) is 42.5 Å². The first-order valence-electron chi connectivity index (χ1n) is 9.73. The van der Waals surface area contributed by atoms with Crippen LogP contribution in [0.2, 0.25) is 0 Å². The Morgan fingerprint density at radius 1 is 1.17 bits per heavy atom. The Labute approximate surface area is 170 Å². The molecule has 0 unspecified atom stereocenters. The topological polar surface area (TPSA) is 75.7 Å². The lowest BCUT2D eigenvalue weighted by atomic mass is 10.1. The molecular weight excluding hydrogens is 368 g/mol. The minimum absolute atomic E-state index is 0.0804. The second kappa shape index (κ2) is 8.90. The molecule has 29 heavy (non-hydrogen) atoms. The average molecular weight is 394 g/mol. The molecule has 0 radical (unpaired) electrons. The molecule has 1 N–H and O–H groups in total. The van der Waals surface area contributed by atoms with Crippen molar-refractivity contribution in [3.05, 3.63) is 65.2 Å². The van der Waals surface area contributed by atoms with Crippen LogP contribution in [-0.2, 0) is 19.1 Å². The minimum Gasteiger partial charge on any atom is -0.455 e. The Hall–Kier alpha value is -3.15. The smallest absolute Gasteiger partial charge is 0.311 e. The number of esters is 1. The summed E-state index contributed by atoms with van der Waals surface area (Å²) in [6.07, 6.45) is 0.106. The van der Waals surface area contributed by atoms with Crippen LogP contribution in [-0.4, -0.2) is 35.8 Å². The number of rotatable bonds is 6. The van der Waals surface area contributed by atoms with Crippen LogP contribution in [0.5, 0.6) is 0 Å². The molecule has 2 atom stereocenters. The molecule has 1 aliphatic heterocycles. The van der Waals surface area contributed by atoms with Crippen LogP contribution in [0, 0.1) is 19.8 Å². The third-order valence-corrected chi connectivity index (χ3v) is 5.25. The van der Waals surface area contributed by atoms with Gasteiger partial charge >= 0.3 is 5.97 Å². The zero-order chi connectivity index (χ0) is 21.0. The number of carbonyl (C=O) groups excluding carboxylic acids is 3. The number of hydrogen-bond acceptors (Lipinski definition) is 4. The number of likely N-dealkylation sites (tertiary alicyclic amines) is 1. The van der Waals surface area contributed by atoms with Crippen LogP contribution in [0.1, 0.15) is 36.1 Å². The van der Waals surface area contributed by atoms with Crippen LogP contribution < -0.4 is 5.32 Å². The van der Waals surface area contributed by atoms with Crippen LogP contribution in [0.15, 0.2) is 48.5 Å². The molecule has 2 aromatic carbocycles. The van der Waals surface area contributed by atoms with Crippen LogP contribution in [0.4, 0.5) is 5.69 Å². The first-order chi connectivity index (χ1) is 13.8. The van der Waals surface area contributed by atoms with Gasteiger partial charge in [-0.25, -0.2) is 0 Å². The number of amides is 2. The molecule has 1 fully saturated rings. The molecular formula is C23H26N2O4. The summed E-state index contributed by atoms with van der Waals surface area (Å²) in [5, 5.41) is 2.76. The molecule has 0 aromatic heterocycles. The fraction of sp³-hybridized carbons (Fsp3) is 0.348. The van der Waals surface area contributed by atoms with Gasteiger partial charge in [-0.3, -0.25) is 14.4 Å². The molecule has 2 aromatic rings. The largest absolute Gasteiger partial charge is 0.455 e. The van der Waals surface area contributed by atoms with Gasteiger partial charge < -0.3 is 15.0 Å². The Balaban J connectivity index is 1.53. The number of nitrogens with zero attached hydrogens (tertiary/aromatic N) is 1. The van der Waals surface area contributed by atoms with E-state index in [4.69, 9.17) is 4.74 Å². The molecule has 1 saturated heterocycles. The highest BCUT2D eigenvalue weighted by Gasteiger charge is 2.38. The molecule has 6 nitrogen and oxygen atoms in total.